The van der Waals surface area contributed by atoms with Gasteiger partial charge in [0, 0.05) is 17.0 Å². The monoisotopic (exact) mass is 299 g/mol. The molecule has 2 atom stereocenters. The Labute approximate surface area is 133 Å². The summed E-state index contributed by atoms with van der Waals surface area (Å²) in [6, 6.07) is 21.9. The molecule has 0 radical (unpaired) electrons. The third-order valence-electron chi connectivity index (χ3n) is 3.74. The average molecular weight is 299 g/mol. The van der Waals surface area contributed by atoms with Gasteiger partial charge < -0.3 is 5.32 Å². The van der Waals surface area contributed by atoms with Crippen molar-refractivity contribution in [3.63, 3.8) is 0 Å². The number of hydrogen-bond donors (Lipinski definition) is 1. The van der Waals surface area contributed by atoms with E-state index < -0.39 is 0 Å². The molecule has 0 amide bonds. The minimum Gasteiger partial charge on any atom is -0.312 e. The zero-order valence-corrected chi connectivity index (χ0v) is 13.9. The number of nitrogens with one attached hydrogen (secondary N) is 1. The Kier molecular flexibility index (Phi) is 6.34. The van der Waals surface area contributed by atoms with Crippen LogP contribution in [0, 0.1) is 5.92 Å². The van der Waals surface area contributed by atoms with Crippen LogP contribution in [0.25, 0.3) is 0 Å². The molecule has 2 heteroatoms. The fourth-order valence-corrected chi connectivity index (χ4v) is 4.07. The average Bonchev–Trinajstić information content (AvgIpc) is 2.53. The quantitative estimate of drug-likeness (QED) is 0.780. The summed E-state index contributed by atoms with van der Waals surface area (Å²) < 4.78 is 0. The smallest absolute Gasteiger partial charge is 0.0440 e. The Morgan fingerprint density at radius 2 is 1.48 bits per heavy atom. The van der Waals surface area contributed by atoms with Crippen molar-refractivity contribution in [3.8, 4) is 0 Å². The first kappa shape index (κ1) is 16.1. The van der Waals surface area contributed by atoms with Gasteiger partial charge in [0.2, 0.25) is 0 Å². The van der Waals surface area contributed by atoms with Crippen molar-refractivity contribution in [2.75, 3.05) is 7.05 Å². The highest BCUT2D eigenvalue weighted by Gasteiger charge is 2.25. The van der Waals surface area contributed by atoms with Crippen molar-refractivity contribution in [2.24, 2.45) is 5.92 Å². The van der Waals surface area contributed by atoms with Gasteiger partial charge in [-0.05, 0) is 24.1 Å². The van der Waals surface area contributed by atoms with Gasteiger partial charge in [-0.1, -0.05) is 74.5 Å². The van der Waals surface area contributed by atoms with E-state index in [1.807, 2.05) is 11.8 Å². The molecule has 2 aromatic rings. The zero-order valence-electron chi connectivity index (χ0n) is 13.1. The summed E-state index contributed by atoms with van der Waals surface area (Å²) in [5, 5.41) is 4.07. The van der Waals surface area contributed by atoms with Gasteiger partial charge in [0.1, 0.15) is 0 Å². The molecule has 0 fully saturated rings. The number of thioether (sulfide) groups is 1. The maximum Gasteiger partial charge on any atom is 0.0440 e. The number of rotatable bonds is 7. The molecule has 2 aromatic carbocycles. The van der Waals surface area contributed by atoms with E-state index in [1.54, 1.807) is 0 Å². The predicted molar refractivity (Wildman–Crippen MR) is 94.6 cm³/mol. The number of hydrogen-bond acceptors (Lipinski definition) is 2. The van der Waals surface area contributed by atoms with Crippen LogP contribution >= 0.6 is 11.8 Å². The van der Waals surface area contributed by atoms with Gasteiger partial charge in [0.05, 0.1) is 0 Å². The highest BCUT2D eigenvalue weighted by molar-refractivity contribution is 7.99. The van der Waals surface area contributed by atoms with Crippen LogP contribution in [0.3, 0.4) is 0 Å². The second-order valence-electron chi connectivity index (χ2n) is 5.68. The standard InChI is InChI=1S/C19H25NS/c1-15(2)19(21-14-16-10-6-4-7-11-16)18(20-3)17-12-8-5-9-13-17/h4-13,15,18-20H,14H2,1-3H3. The Morgan fingerprint density at radius 3 is 2.00 bits per heavy atom. The van der Waals surface area contributed by atoms with Crippen molar-refractivity contribution < 1.29 is 0 Å². The lowest BCUT2D eigenvalue weighted by molar-refractivity contribution is 0.472. The fourth-order valence-electron chi connectivity index (χ4n) is 2.62. The molecule has 0 spiro atoms. The molecule has 0 aromatic heterocycles. The Hall–Kier alpha value is -1.25. The topological polar surface area (TPSA) is 12.0 Å². The van der Waals surface area contributed by atoms with E-state index in [2.05, 4.69) is 86.9 Å². The molecule has 112 valence electrons. The van der Waals surface area contributed by atoms with E-state index in [0.717, 1.165) is 5.75 Å². The lowest BCUT2D eigenvalue weighted by Gasteiger charge is -2.30. The van der Waals surface area contributed by atoms with Crippen molar-refractivity contribution in [3.05, 3.63) is 71.8 Å². The van der Waals surface area contributed by atoms with Gasteiger partial charge in [0.15, 0.2) is 0 Å². The highest BCUT2D eigenvalue weighted by Crippen LogP contribution is 2.33. The minimum absolute atomic E-state index is 0.389. The summed E-state index contributed by atoms with van der Waals surface area (Å²) in [5.41, 5.74) is 2.77. The van der Waals surface area contributed by atoms with Crippen molar-refractivity contribution >= 4 is 11.8 Å². The minimum atomic E-state index is 0.389. The molecule has 0 aliphatic rings. The van der Waals surface area contributed by atoms with Crippen LogP contribution in [-0.2, 0) is 5.75 Å². The molecule has 2 unspecified atom stereocenters. The summed E-state index contributed by atoms with van der Waals surface area (Å²) in [6.45, 7) is 4.63. The predicted octanol–water partition coefficient (Wildman–Crippen LogP) is 4.91. The Balaban J connectivity index is 2.10. The van der Waals surface area contributed by atoms with Gasteiger partial charge in [0.25, 0.3) is 0 Å². The van der Waals surface area contributed by atoms with Crippen LogP contribution in [0.4, 0.5) is 0 Å². The summed E-state index contributed by atoms with van der Waals surface area (Å²) in [7, 11) is 2.07. The third kappa shape index (κ3) is 4.62. The molecule has 0 heterocycles. The molecule has 0 aliphatic carbocycles. The molecule has 0 saturated carbocycles. The lowest BCUT2D eigenvalue weighted by Crippen LogP contribution is -2.31. The van der Waals surface area contributed by atoms with Gasteiger partial charge in [-0.3, -0.25) is 0 Å². The Morgan fingerprint density at radius 1 is 0.905 bits per heavy atom. The first-order chi connectivity index (χ1) is 10.2. The summed E-state index contributed by atoms with van der Waals surface area (Å²) in [4.78, 5) is 0. The van der Waals surface area contributed by atoms with E-state index in [-0.39, 0.29) is 0 Å². The lowest BCUT2D eigenvalue weighted by atomic mass is 9.96. The van der Waals surface area contributed by atoms with E-state index >= 15 is 0 Å². The van der Waals surface area contributed by atoms with Gasteiger partial charge >= 0.3 is 0 Å². The molecule has 0 aliphatic heterocycles. The Bertz CT molecular complexity index is 510. The van der Waals surface area contributed by atoms with E-state index in [9.17, 15) is 0 Å². The summed E-state index contributed by atoms with van der Waals surface area (Å²) in [5.74, 6) is 1.69. The van der Waals surface area contributed by atoms with Gasteiger partial charge in [-0.25, -0.2) is 0 Å². The zero-order chi connectivity index (χ0) is 15.1. The maximum absolute atomic E-state index is 3.52. The van der Waals surface area contributed by atoms with Crippen molar-refractivity contribution in [1.29, 1.82) is 0 Å². The van der Waals surface area contributed by atoms with E-state index in [1.165, 1.54) is 11.1 Å². The van der Waals surface area contributed by atoms with Crippen LogP contribution in [0.15, 0.2) is 60.7 Å². The second-order valence-corrected chi connectivity index (χ2v) is 6.85. The maximum atomic E-state index is 3.52. The van der Waals surface area contributed by atoms with Crippen LogP contribution in [0.2, 0.25) is 0 Å². The number of benzene rings is 2. The van der Waals surface area contributed by atoms with Crippen LogP contribution < -0.4 is 5.32 Å². The molecule has 1 N–H and O–H groups in total. The molecule has 2 rings (SSSR count). The first-order valence-electron chi connectivity index (χ1n) is 7.60. The van der Waals surface area contributed by atoms with E-state index in [0.29, 0.717) is 17.2 Å². The fraction of sp³-hybridized carbons (Fsp3) is 0.368. The normalized spacial score (nSPS) is 14.1. The molecular formula is C19H25NS. The van der Waals surface area contributed by atoms with Crippen LogP contribution in [0.5, 0.6) is 0 Å². The van der Waals surface area contributed by atoms with Crippen molar-refractivity contribution in [1.82, 2.24) is 5.32 Å². The second kappa shape index (κ2) is 8.26. The summed E-state index contributed by atoms with van der Waals surface area (Å²) >= 11 is 2.05. The third-order valence-corrected chi connectivity index (χ3v) is 5.44. The van der Waals surface area contributed by atoms with Gasteiger partial charge in [-0.2, -0.15) is 11.8 Å². The van der Waals surface area contributed by atoms with Gasteiger partial charge in [-0.15, -0.1) is 0 Å². The van der Waals surface area contributed by atoms with Crippen LogP contribution in [0.1, 0.15) is 31.0 Å². The van der Waals surface area contributed by atoms with Crippen molar-refractivity contribution in [2.45, 2.75) is 30.9 Å². The summed E-state index contributed by atoms with van der Waals surface area (Å²) in [6.07, 6.45) is 0. The highest BCUT2D eigenvalue weighted by atomic mass is 32.2. The molecule has 0 saturated heterocycles. The molecule has 0 bridgehead atoms. The van der Waals surface area contributed by atoms with E-state index in [4.69, 9.17) is 0 Å². The SMILES string of the molecule is CNC(c1ccccc1)C(SCc1ccccc1)C(C)C. The molecule has 21 heavy (non-hydrogen) atoms. The molecular weight excluding hydrogens is 274 g/mol. The molecule has 1 nitrogen and oxygen atoms in total. The first-order valence-corrected chi connectivity index (χ1v) is 8.65. The van der Waals surface area contributed by atoms with Crippen LogP contribution in [-0.4, -0.2) is 12.3 Å². The largest absolute Gasteiger partial charge is 0.312 e.